The van der Waals surface area contributed by atoms with E-state index in [-0.39, 0.29) is 12.1 Å². The van der Waals surface area contributed by atoms with E-state index in [9.17, 15) is 4.79 Å². The van der Waals surface area contributed by atoms with Gasteiger partial charge in [0, 0.05) is 6.54 Å². The SMILES string of the molecule is CC1CCC(CN2CCCC2C(=O)O)O1. The minimum Gasteiger partial charge on any atom is -0.480 e. The molecule has 2 rings (SSSR count). The number of carbonyl (C=O) groups is 1. The molecular formula is C11H19NO3. The molecular weight excluding hydrogens is 194 g/mol. The van der Waals surface area contributed by atoms with Gasteiger partial charge >= 0.3 is 5.97 Å². The Morgan fingerprint density at radius 1 is 1.47 bits per heavy atom. The van der Waals surface area contributed by atoms with Crippen LogP contribution in [0.2, 0.25) is 0 Å². The maximum Gasteiger partial charge on any atom is 0.320 e. The summed E-state index contributed by atoms with van der Waals surface area (Å²) in [5, 5.41) is 9.03. The van der Waals surface area contributed by atoms with Gasteiger partial charge in [-0.2, -0.15) is 0 Å². The molecule has 4 nitrogen and oxygen atoms in total. The number of hydrogen-bond acceptors (Lipinski definition) is 3. The van der Waals surface area contributed by atoms with Gasteiger partial charge in [-0.05, 0) is 39.2 Å². The van der Waals surface area contributed by atoms with Crippen LogP contribution < -0.4 is 0 Å². The lowest BCUT2D eigenvalue weighted by Crippen LogP contribution is -2.40. The highest BCUT2D eigenvalue weighted by atomic mass is 16.5. The van der Waals surface area contributed by atoms with Crippen LogP contribution in [0.5, 0.6) is 0 Å². The van der Waals surface area contributed by atoms with Crippen LogP contribution in [0.1, 0.15) is 32.6 Å². The van der Waals surface area contributed by atoms with Gasteiger partial charge in [0.1, 0.15) is 6.04 Å². The summed E-state index contributed by atoms with van der Waals surface area (Å²) in [5.41, 5.74) is 0. The van der Waals surface area contributed by atoms with Gasteiger partial charge in [0.15, 0.2) is 0 Å². The number of likely N-dealkylation sites (tertiary alicyclic amines) is 1. The molecule has 0 bridgehead atoms. The predicted octanol–water partition coefficient (Wildman–Crippen LogP) is 1.10. The molecule has 2 aliphatic rings. The molecule has 0 aromatic heterocycles. The number of carboxylic acid groups (broad SMARTS) is 1. The number of aliphatic carboxylic acids is 1. The minimum atomic E-state index is -0.682. The van der Waals surface area contributed by atoms with E-state index >= 15 is 0 Å². The Balaban J connectivity index is 1.85. The molecule has 0 aliphatic carbocycles. The Bertz CT molecular complexity index is 244. The highest BCUT2D eigenvalue weighted by molar-refractivity contribution is 5.73. The average Bonchev–Trinajstić information content (AvgIpc) is 2.75. The van der Waals surface area contributed by atoms with E-state index in [1.54, 1.807) is 0 Å². The molecule has 2 saturated heterocycles. The van der Waals surface area contributed by atoms with Gasteiger partial charge in [0.05, 0.1) is 12.2 Å². The van der Waals surface area contributed by atoms with E-state index < -0.39 is 5.97 Å². The number of hydrogen-bond donors (Lipinski definition) is 1. The third-order valence-corrected chi connectivity index (χ3v) is 3.41. The Hall–Kier alpha value is -0.610. The third kappa shape index (κ3) is 2.49. The normalized spacial score (nSPS) is 37.3. The maximum absolute atomic E-state index is 11.0. The molecule has 0 amide bonds. The highest BCUT2D eigenvalue weighted by Gasteiger charge is 2.33. The topological polar surface area (TPSA) is 49.8 Å². The lowest BCUT2D eigenvalue weighted by atomic mass is 10.2. The van der Waals surface area contributed by atoms with Crippen LogP contribution in [0, 0.1) is 0 Å². The molecule has 0 saturated carbocycles. The van der Waals surface area contributed by atoms with Gasteiger partial charge in [-0.15, -0.1) is 0 Å². The molecule has 2 aliphatic heterocycles. The van der Waals surface area contributed by atoms with E-state index in [1.165, 1.54) is 0 Å². The zero-order valence-electron chi connectivity index (χ0n) is 9.19. The summed E-state index contributed by atoms with van der Waals surface area (Å²) in [6.45, 7) is 3.78. The Morgan fingerprint density at radius 3 is 2.87 bits per heavy atom. The second-order valence-corrected chi connectivity index (χ2v) is 4.64. The summed E-state index contributed by atoms with van der Waals surface area (Å²) in [6.07, 6.45) is 4.57. The van der Waals surface area contributed by atoms with Crippen molar-refractivity contribution in [3.05, 3.63) is 0 Å². The van der Waals surface area contributed by atoms with E-state index in [4.69, 9.17) is 9.84 Å². The van der Waals surface area contributed by atoms with Crippen molar-refractivity contribution in [1.29, 1.82) is 0 Å². The zero-order valence-corrected chi connectivity index (χ0v) is 9.19. The van der Waals surface area contributed by atoms with Gasteiger partial charge in [0.2, 0.25) is 0 Å². The fraction of sp³-hybridized carbons (Fsp3) is 0.909. The Morgan fingerprint density at radius 2 is 2.27 bits per heavy atom. The molecule has 2 fully saturated rings. The van der Waals surface area contributed by atoms with E-state index in [0.717, 1.165) is 38.8 Å². The van der Waals surface area contributed by atoms with Crippen molar-refractivity contribution in [2.45, 2.75) is 50.9 Å². The predicted molar refractivity (Wildman–Crippen MR) is 55.8 cm³/mol. The molecule has 1 N–H and O–H groups in total. The second-order valence-electron chi connectivity index (χ2n) is 4.64. The fourth-order valence-corrected chi connectivity index (χ4v) is 2.61. The number of carboxylic acids is 1. The molecule has 0 radical (unpaired) electrons. The molecule has 2 heterocycles. The molecule has 15 heavy (non-hydrogen) atoms. The smallest absolute Gasteiger partial charge is 0.320 e. The molecule has 0 aromatic rings. The fourth-order valence-electron chi connectivity index (χ4n) is 2.61. The number of rotatable bonds is 3. The highest BCUT2D eigenvalue weighted by Crippen LogP contribution is 2.24. The van der Waals surface area contributed by atoms with Crippen molar-refractivity contribution >= 4 is 5.97 Å². The first kappa shape index (κ1) is 10.9. The van der Waals surface area contributed by atoms with Gasteiger partial charge in [-0.25, -0.2) is 0 Å². The largest absolute Gasteiger partial charge is 0.480 e. The minimum absolute atomic E-state index is 0.250. The molecule has 0 aromatic carbocycles. The lowest BCUT2D eigenvalue weighted by Gasteiger charge is -2.24. The first-order chi connectivity index (χ1) is 7.16. The molecule has 0 spiro atoms. The maximum atomic E-state index is 11.0. The van der Waals surface area contributed by atoms with Crippen molar-refractivity contribution in [3.8, 4) is 0 Å². The van der Waals surface area contributed by atoms with Gasteiger partial charge in [-0.1, -0.05) is 0 Å². The zero-order chi connectivity index (χ0) is 10.8. The summed E-state index contributed by atoms with van der Waals surface area (Å²) in [5.74, 6) is -0.682. The molecule has 4 heteroatoms. The van der Waals surface area contributed by atoms with Crippen LogP contribution in [0.15, 0.2) is 0 Å². The Labute approximate surface area is 90.2 Å². The van der Waals surface area contributed by atoms with Gasteiger partial charge < -0.3 is 9.84 Å². The van der Waals surface area contributed by atoms with Crippen LogP contribution >= 0.6 is 0 Å². The van der Waals surface area contributed by atoms with Crippen LogP contribution in [0.4, 0.5) is 0 Å². The molecule has 3 atom stereocenters. The van der Waals surface area contributed by atoms with Crippen LogP contribution in [0.25, 0.3) is 0 Å². The summed E-state index contributed by atoms with van der Waals surface area (Å²) in [6, 6.07) is -0.274. The monoisotopic (exact) mass is 213 g/mol. The summed E-state index contributed by atoms with van der Waals surface area (Å²) >= 11 is 0. The third-order valence-electron chi connectivity index (χ3n) is 3.41. The quantitative estimate of drug-likeness (QED) is 0.762. The van der Waals surface area contributed by atoms with Gasteiger partial charge in [0.25, 0.3) is 0 Å². The van der Waals surface area contributed by atoms with Crippen molar-refractivity contribution in [2.75, 3.05) is 13.1 Å². The van der Waals surface area contributed by atoms with Crippen LogP contribution in [0.3, 0.4) is 0 Å². The molecule has 3 unspecified atom stereocenters. The summed E-state index contributed by atoms with van der Waals surface area (Å²) < 4.78 is 5.72. The van der Waals surface area contributed by atoms with Crippen LogP contribution in [-0.4, -0.2) is 47.3 Å². The number of nitrogens with zero attached hydrogens (tertiary/aromatic N) is 1. The first-order valence-electron chi connectivity index (χ1n) is 5.79. The Kier molecular flexibility index (Phi) is 3.26. The van der Waals surface area contributed by atoms with Crippen molar-refractivity contribution in [2.24, 2.45) is 0 Å². The number of ether oxygens (including phenoxy) is 1. The van der Waals surface area contributed by atoms with Crippen LogP contribution in [-0.2, 0) is 9.53 Å². The average molecular weight is 213 g/mol. The van der Waals surface area contributed by atoms with E-state index in [0.29, 0.717) is 6.10 Å². The molecule has 86 valence electrons. The lowest BCUT2D eigenvalue weighted by molar-refractivity contribution is -0.142. The van der Waals surface area contributed by atoms with Gasteiger partial charge in [-0.3, -0.25) is 9.69 Å². The first-order valence-corrected chi connectivity index (χ1v) is 5.79. The summed E-state index contributed by atoms with van der Waals surface area (Å²) in [7, 11) is 0. The van der Waals surface area contributed by atoms with Crippen molar-refractivity contribution < 1.29 is 14.6 Å². The van der Waals surface area contributed by atoms with E-state index in [1.807, 2.05) is 0 Å². The summed E-state index contributed by atoms with van der Waals surface area (Å²) in [4.78, 5) is 13.0. The van der Waals surface area contributed by atoms with E-state index in [2.05, 4.69) is 11.8 Å². The van der Waals surface area contributed by atoms with Crippen molar-refractivity contribution in [1.82, 2.24) is 4.90 Å². The van der Waals surface area contributed by atoms with Crippen molar-refractivity contribution in [3.63, 3.8) is 0 Å². The standard InChI is InChI=1S/C11H19NO3/c1-8-4-5-9(15-8)7-12-6-2-3-10(12)11(13)14/h8-10H,2-7H2,1H3,(H,13,14). The second kappa shape index (κ2) is 4.49.